The van der Waals surface area contributed by atoms with Crippen molar-refractivity contribution >= 4 is 107 Å². The van der Waals surface area contributed by atoms with Gasteiger partial charge in [-0.25, -0.2) is 4.79 Å². The zero-order valence-corrected chi connectivity index (χ0v) is 68.1. The lowest BCUT2D eigenvalue weighted by atomic mass is 9.96. The second-order valence-corrected chi connectivity index (χ2v) is 30.6. The number of phenolic OH excluding ortho intramolecular Hbond substituents is 1. The zero-order chi connectivity index (χ0) is 88.5. The number of amides is 14. The molecule has 0 bridgehead atoms. The number of carbonyl (C=O) groups is 17. The molecule has 16 atom stereocenters. The Hall–Kier alpha value is -11.6. The largest absolute Gasteiger partial charge is 0.508 e. The van der Waals surface area contributed by atoms with Gasteiger partial charge in [0.2, 0.25) is 82.7 Å². The van der Waals surface area contributed by atoms with E-state index in [0.29, 0.717) is 17.5 Å². The van der Waals surface area contributed by atoms with Crippen LogP contribution in [0.25, 0.3) is 0 Å². The molecule has 0 saturated carbocycles. The number of carboxylic acid groups (broad SMARTS) is 3. The Labute approximate surface area is 683 Å². The fourth-order valence-corrected chi connectivity index (χ4v) is 13.0. The molecule has 0 unspecified atom stereocenters. The summed E-state index contributed by atoms with van der Waals surface area (Å²) in [7, 11) is 0. The Morgan fingerprint density at radius 2 is 0.898 bits per heavy atom. The van der Waals surface area contributed by atoms with Gasteiger partial charge in [-0.05, 0) is 112 Å². The Kier molecular flexibility index (Phi) is 40.3. The van der Waals surface area contributed by atoms with E-state index in [4.69, 9.17) is 22.0 Å². The number of aliphatic hydroxyl groups is 2. The van der Waals surface area contributed by atoms with Crippen LogP contribution in [0.1, 0.15) is 151 Å². The van der Waals surface area contributed by atoms with Crippen LogP contribution in [0.2, 0.25) is 0 Å². The number of aliphatic hydroxyl groups excluding tert-OH is 2. The average molecular weight is 1660 g/mol. The molecule has 0 aromatic heterocycles. The highest BCUT2D eigenvalue weighted by molar-refractivity contribution is 6.01. The highest BCUT2D eigenvalue weighted by Crippen LogP contribution is 2.24. The average Bonchev–Trinajstić information content (AvgIpc) is 1.65. The van der Waals surface area contributed by atoms with Gasteiger partial charge in [0.25, 0.3) is 0 Å². The van der Waals surface area contributed by atoms with E-state index in [9.17, 15) is 107 Å². The predicted molar refractivity (Wildman–Crippen MR) is 423 cm³/mol. The maximum atomic E-state index is 15.0. The van der Waals surface area contributed by atoms with Crippen molar-refractivity contribution in [2.45, 2.75) is 243 Å². The summed E-state index contributed by atoms with van der Waals surface area (Å²) >= 11 is 0. The van der Waals surface area contributed by atoms with Crippen LogP contribution in [-0.2, 0) is 94.3 Å². The number of aromatic hydroxyl groups is 1. The third kappa shape index (κ3) is 31.4. The molecule has 2 saturated heterocycles. The highest BCUT2D eigenvalue weighted by atomic mass is 16.4. The number of hydrogen-bond acceptors (Lipinski definition) is 22. The van der Waals surface area contributed by atoms with Crippen molar-refractivity contribution in [1.82, 2.24) is 78.9 Å². The molecule has 14 amide bonds. The number of nitrogens with one attached hydrogen (secondary N) is 14. The summed E-state index contributed by atoms with van der Waals surface area (Å²) in [5.41, 5.74) is 12.2. The fraction of sp³-hybridized carbons (Fsp3) is 0.610. The Balaban J connectivity index is 1.55. The number of benzene rings is 2. The number of carboxylic acids is 3. The first-order valence-electron chi connectivity index (χ1n) is 39.3. The van der Waals surface area contributed by atoms with Gasteiger partial charge in [0, 0.05) is 38.9 Å². The number of nitrogens with two attached hydrogens (primary N) is 2. The summed E-state index contributed by atoms with van der Waals surface area (Å²) in [5.74, 6) is -20.1. The van der Waals surface area contributed by atoms with Crippen molar-refractivity contribution in [3.63, 3.8) is 0 Å². The van der Waals surface area contributed by atoms with Crippen LogP contribution in [-0.4, -0.2) is 270 Å². The number of guanidine groups is 1. The Bertz CT molecular complexity index is 3850. The van der Waals surface area contributed by atoms with E-state index < -0.39 is 241 Å². The minimum atomic E-state index is -1.96. The molecule has 2 aliphatic heterocycles. The van der Waals surface area contributed by atoms with Crippen LogP contribution in [0.5, 0.6) is 5.75 Å². The van der Waals surface area contributed by atoms with Crippen LogP contribution in [0.15, 0.2) is 54.6 Å². The molecule has 2 heterocycles. The topological polar surface area (TPSA) is 650 Å². The van der Waals surface area contributed by atoms with E-state index in [0.717, 1.165) is 11.8 Å². The smallest absolute Gasteiger partial charge is 0.326 e. The number of carbonyl (C=O) groups excluding carboxylic acids is 14. The molecule has 2 fully saturated rings. The molecular weight excluding hydrogens is 1540 g/mol. The summed E-state index contributed by atoms with van der Waals surface area (Å²) in [6, 6.07) is -8.54. The minimum Gasteiger partial charge on any atom is -0.508 e. The first-order chi connectivity index (χ1) is 55.5. The van der Waals surface area contributed by atoms with Gasteiger partial charge in [-0.15, -0.1) is 0 Å². The monoisotopic (exact) mass is 1660 g/mol. The van der Waals surface area contributed by atoms with Gasteiger partial charge in [-0.1, -0.05) is 104 Å². The van der Waals surface area contributed by atoms with Crippen molar-refractivity contribution in [2.75, 3.05) is 32.8 Å². The summed E-state index contributed by atoms with van der Waals surface area (Å²) in [6.07, 6.45) is -1.73. The van der Waals surface area contributed by atoms with Gasteiger partial charge >= 0.3 is 17.9 Å². The van der Waals surface area contributed by atoms with E-state index in [1.807, 2.05) is 0 Å². The van der Waals surface area contributed by atoms with E-state index in [1.54, 1.807) is 85.7 Å². The van der Waals surface area contributed by atoms with Crippen molar-refractivity contribution in [1.29, 1.82) is 5.41 Å². The quantitative estimate of drug-likeness (QED) is 0.0168. The second kappa shape index (κ2) is 48.2. The van der Waals surface area contributed by atoms with E-state index >= 15 is 0 Å². The van der Waals surface area contributed by atoms with Gasteiger partial charge < -0.3 is 121 Å². The molecule has 654 valence electrons. The molecule has 0 radical (unpaired) electrons. The number of likely N-dealkylation sites (tertiary alicyclic amines) is 2. The van der Waals surface area contributed by atoms with Crippen LogP contribution in [0.3, 0.4) is 0 Å². The fourth-order valence-electron chi connectivity index (χ4n) is 13.0. The minimum absolute atomic E-state index is 0.0111. The van der Waals surface area contributed by atoms with E-state index in [-0.39, 0.29) is 95.5 Å². The van der Waals surface area contributed by atoms with E-state index in [2.05, 4.69) is 69.1 Å². The molecular formula is C77H118N18O23. The lowest BCUT2D eigenvalue weighted by molar-refractivity contribution is -0.146. The zero-order valence-electron chi connectivity index (χ0n) is 68.1. The Morgan fingerprint density at radius 3 is 1.37 bits per heavy atom. The lowest BCUT2D eigenvalue weighted by Crippen LogP contribution is -2.62. The number of hydrogen-bond donors (Lipinski definition) is 22. The number of phenols is 1. The van der Waals surface area contributed by atoms with Crippen molar-refractivity contribution < 1.29 is 112 Å². The first kappa shape index (κ1) is 98.7. The summed E-state index contributed by atoms with van der Waals surface area (Å²) in [5, 5.41) is 99.6. The standard InChI is InChI=1S/C77H118N18O23/c1-11-41(8)61(93-71(112)56-22-17-31-95(56)75(116)52(35-58(101)102)88-69(110)53(36-96)89-62(103)42(9)82-65(106)50(33-44-18-13-12-14-19-44)86-68(109)54(37-97)90-64(105)47(78)27-28-57(99)100)73(114)87-49(32-38(2)3)66(107)85-51(34-45-23-25-46(98)26-24-45)67(108)84-48(20-15-29-81-77(79)80)74(115)94-30-16-21-55(94)70(111)91-59(39(4)5)72(113)83-43(10)63(104)92-60(40(6)7)76(117)118/h12-14,18-19,23-26,38-43,47-56,59-61,96-98H,11,15-17,20-22,27-37,78H2,1-10H3,(H,82,106)(H,83,113)(H,84,108)(H,85,107)(H,86,109)(H,87,114)(H,88,110)(H,89,103)(H,90,105)(H,91,111)(H,92,104)(H,93,112)(H,99,100)(H,101,102)(H,117,118)(H4,79,80,81)/t41-,42-,43-,47-,48-,49-,50-,51-,52-,53-,54-,55-,56-,59-,60-,61-/m0/s1. The number of rotatable bonds is 48. The van der Waals surface area contributed by atoms with Crippen LogP contribution in [0.4, 0.5) is 0 Å². The van der Waals surface area contributed by atoms with E-state index in [1.165, 1.54) is 36.1 Å². The summed E-state index contributed by atoms with van der Waals surface area (Å²) < 4.78 is 0. The molecule has 24 N–H and O–H groups in total. The van der Waals surface area contributed by atoms with Crippen molar-refractivity contribution in [3.8, 4) is 5.75 Å². The van der Waals surface area contributed by atoms with Crippen molar-refractivity contribution in [3.05, 3.63) is 65.7 Å². The maximum absolute atomic E-state index is 15.0. The summed E-state index contributed by atoms with van der Waals surface area (Å²) in [4.78, 5) is 235. The van der Waals surface area contributed by atoms with Gasteiger partial charge in [0.05, 0.1) is 25.7 Å². The molecule has 0 aliphatic carbocycles. The molecule has 118 heavy (non-hydrogen) atoms. The molecule has 2 aromatic rings. The molecule has 2 aromatic carbocycles. The molecule has 4 rings (SSSR count). The number of aliphatic carboxylic acids is 3. The van der Waals surface area contributed by atoms with Crippen LogP contribution in [0, 0.1) is 29.1 Å². The predicted octanol–water partition coefficient (Wildman–Crippen LogP) is -4.58. The highest BCUT2D eigenvalue weighted by Gasteiger charge is 2.44. The normalized spacial score (nSPS) is 17.4. The van der Waals surface area contributed by atoms with Gasteiger partial charge in [0.1, 0.15) is 90.3 Å². The molecule has 41 heteroatoms. The SMILES string of the molecule is CC[C@H](C)[C@H](NC(=O)[C@@H]1CCCN1C(=O)[C@H](CC(=O)O)NC(=O)[C@H](CO)NC(=O)[C@H](C)NC(=O)[C@H](Cc1ccccc1)NC(=O)[C@H](CO)NC(=O)[C@@H](N)CCC(=O)O)C(=O)N[C@@H](CC(C)C)C(=O)N[C@@H](Cc1ccc(O)cc1)C(=O)N[C@@H](CCCNC(=N)N)C(=O)N1CCC[C@H]1C(=O)N[C@H](C(=O)N[C@@H](C)C(=O)N[C@H](C(=O)O)C(C)C)C(C)C. The lowest BCUT2D eigenvalue weighted by Gasteiger charge is -2.32. The molecule has 41 nitrogen and oxygen atoms in total. The first-order valence-corrected chi connectivity index (χ1v) is 39.3. The molecule has 0 spiro atoms. The van der Waals surface area contributed by atoms with Crippen LogP contribution < -0.4 is 80.6 Å². The molecule has 2 aliphatic rings. The Morgan fingerprint density at radius 1 is 0.475 bits per heavy atom. The summed E-state index contributed by atoms with van der Waals surface area (Å²) in [6.45, 7) is 13.5. The maximum Gasteiger partial charge on any atom is 0.326 e. The van der Waals surface area contributed by atoms with Gasteiger partial charge in [0.15, 0.2) is 5.96 Å². The van der Waals surface area contributed by atoms with Crippen LogP contribution >= 0.6 is 0 Å². The van der Waals surface area contributed by atoms with Crippen molar-refractivity contribution in [2.24, 2.45) is 35.1 Å². The number of nitrogens with zero attached hydrogens (tertiary/aromatic N) is 2. The third-order valence-corrected chi connectivity index (χ3v) is 19.9. The van der Waals surface area contributed by atoms with Gasteiger partial charge in [-0.3, -0.25) is 82.1 Å². The third-order valence-electron chi connectivity index (χ3n) is 19.9. The van der Waals surface area contributed by atoms with Gasteiger partial charge in [-0.2, -0.15) is 0 Å². The second-order valence-electron chi connectivity index (χ2n) is 30.6.